The summed E-state index contributed by atoms with van der Waals surface area (Å²) in [5, 5.41) is 2.55. The summed E-state index contributed by atoms with van der Waals surface area (Å²) < 4.78 is 0. The van der Waals surface area contributed by atoms with Gasteiger partial charge in [-0.2, -0.15) is 0 Å². The number of rotatable bonds is 7. The van der Waals surface area contributed by atoms with Gasteiger partial charge in [0.25, 0.3) is 0 Å². The van der Waals surface area contributed by atoms with Crippen molar-refractivity contribution >= 4 is 10.8 Å². The molecule has 0 radical (unpaired) electrons. The van der Waals surface area contributed by atoms with Crippen molar-refractivity contribution in [3.8, 4) is 67.5 Å². The van der Waals surface area contributed by atoms with E-state index in [2.05, 4.69) is 164 Å². The van der Waals surface area contributed by atoms with Crippen molar-refractivity contribution in [2.75, 3.05) is 0 Å². The van der Waals surface area contributed by atoms with Crippen LogP contribution in [-0.2, 0) is 5.41 Å². The molecule has 59 heavy (non-hydrogen) atoms. The summed E-state index contributed by atoms with van der Waals surface area (Å²) in [5.41, 5.74) is 14.7. The molecular formula is C56H37N3. The van der Waals surface area contributed by atoms with Gasteiger partial charge >= 0.3 is 0 Å². The maximum absolute atomic E-state index is 4.99. The van der Waals surface area contributed by atoms with E-state index in [0.717, 1.165) is 38.9 Å². The topological polar surface area (TPSA) is 38.7 Å². The molecule has 0 saturated heterocycles. The third kappa shape index (κ3) is 5.86. The largest absolute Gasteiger partial charge is 0.208 e. The zero-order chi connectivity index (χ0) is 39.2. The highest BCUT2D eigenvalue weighted by Gasteiger charge is 2.46. The molecule has 0 aliphatic heterocycles. The molecule has 0 saturated carbocycles. The maximum Gasteiger partial charge on any atom is 0.164 e. The highest BCUT2D eigenvalue weighted by Crippen LogP contribution is 2.57. The number of nitrogens with zero attached hydrogens (tertiary/aromatic N) is 3. The van der Waals surface area contributed by atoms with Gasteiger partial charge in [-0.3, -0.25) is 0 Å². The Morgan fingerprint density at radius 3 is 1.42 bits per heavy atom. The van der Waals surface area contributed by atoms with Gasteiger partial charge in [0.15, 0.2) is 17.5 Å². The molecule has 3 nitrogen and oxygen atoms in total. The lowest BCUT2D eigenvalue weighted by atomic mass is 9.67. The highest BCUT2D eigenvalue weighted by atomic mass is 15.0. The average Bonchev–Trinajstić information content (AvgIpc) is 3.64. The van der Waals surface area contributed by atoms with Crippen LogP contribution in [0.4, 0.5) is 0 Å². The Morgan fingerprint density at radius 2 is 0.763 bits per heavy atom. The van der Waals surface area contributed by atoms with Crippen LogP contribution < -0.4 is 0 Å². The minimum absolute atomic E-state index is 0.464. The summed E-state index contributed by atoms with van der Waals surface area (Å²) in [6.45, 7) is 0. The Hall–Kier alpha value is -7.75. The van der Waals surface area contributed by atoms with Crippen LogP contribution in [0.15, 0.2) is 224 Å². The van der Waals surface area contributed by atoms with Crippen LogP contribution in [0.3, 0.4) is 0 Å². The Morgan fingerprint density at radius 1 is 0.288 bits per heavy atom. The Balaban J connectivity index is 0.987. The molecule has 1 atom stereocenters. The monoisotopic (exact) mass is 751 g/mol. The Kier molecular flexibility index (Phi) is 8.37. The number of aromatic nitrogens is 3. The van der Waals surface area contributed by atoms with Gasteiger partial charge in [0.1, 0.15) is 0 Å². The predicted octanol–water partition coefficient (Wildman–Crippen LogP) is 13.7. The molecule has 3 heteroatoms. The normalized spacial score (nSPS) is 14.2. The van der Waals surface area contributed by atoms with Crippen molar-refractivity contribution in [3.63, 3.8) is 0 Å². The predicted molar refractivity (Wildman–Crippen MR) is 242 cm³/mol. The third-order valence-corrected chi connectivity index (χ3v) is 11.8. The van der Waals surface area contributed by atoms with Crippen LogP contribution in [0, 0.1) is 0 Å². The second-order valence-electron chi connectivity index (χ2n) is 15.1. The molecule has 0 fully saturated rings. The van der Waals surface area contributed by atoms with Crippen molar-refractivity contribution in [2.45, 2.75) is 5.41 Å². The summed E-state index contributed by atoms with van der Waals surface area (Å²) >= 11 is 0. The van der Waals surface area contributed by atoms with Gasteiger partial charge in [-0.15, -0.1) is 0 Å². The van der Waals surface area contributed by atoms with Crippen molar-refractivity contribution in [3.05, 3.63) is 247 Å². The first-order valence-corrected chi connectivity index (χ1v) is 20.1. The Bertz CT molecular complexity index is 3080. The van der Waals surface area contributed by atoms with Crippen LogP contribution in [0.5, 0.6) is 0 Å². The van der Waals surface area contributed by atoms with Gasteiger partial charge < -0.3 is 0 Å². The van der Waals surface area contributed by atoms with Crippen LogP contribution >= 0.6 is 0 Å². The molecule has 11 rings (SSSR count). The first kappa shape index (κ1) is 34.5. The van der Waals surface area contributed by atoms with E-state index in [9.17, 15) is 0 Å². The molecule has 1 heterocycles. The van der Waals surface area contributed by atoms with Crippen molar-refractivity contribution in [1.29, 1.82) is 0 Å². The van der Waals surface area contributed by atoms with Crippen molar-refractivity contribution < 1.29 is 0 Å². The molecule has 0 amide bonds. The van der Waals surface area contributed by atoms with E-state index in [4.69, 9.17) is 15.0 Å². The van der Waals surface area contributed by atoms with E-state index < -0.39 is 5.41 Å². The highest BCUT2D eigenvalue weighted by molar-refractivity contribution is 6.04. The van der Waals surface area contributed by atoms with E-state index >= 15 is 0 Å². The molecule has 276 valence electrons. The van der Waals surface area contributed by atoms with E-state index in [1.807, 2.05) is 60.7 Å². The smallest absolute Gasteiger partial charge is 0.164 e. The van der Waals surface area contributed by atoms with Crippen LogP contribution in [0.2, 0.25) is 0 Å². The lowest BCUT2D eigenvalue weighted by Crippen LogP contribution is -2.28. The van der Waals surface area contributed by atoms with Crippen LogP contribution in [0.1, 0.15) is 22.3 Å². The minimum Gasteiger partial charge on any atom is -0.208 e. The lowest BCUT2D eigenvalue weighted by Gasteiger charge is -2.34. The SMILES string of the molecule is c1ccc(-c2nc(-c3ccccc3)nc(-c3cccc(-c4cccc(-c5ccc(C6(c7ccccc7)c7ccccc7-c7c6ccc6ccccc76)cc5)c4)c3)n2)cc1. The number of benzene rings is 9. The van der Waals surface area contributed by atoms with E-state index in [0.29, 0.717) is 17.5 Å². The zero-order valence-corrected chi connectivity index (χ0v) is 32.2. The fourth-order valence-corrected chi connectivity index (χ4v) is 9.09. The molecule has 0 bridgehead atoms. The fraction of sp³-hybridized carbons (Fsp3) is 0.0179. The minimum atomic E-state index is -0.464. The molecule has 9 aromatic carbocycles. The van der Waals surface area contributed by atoms with Crippen molar-refractivity contribution in [2.24, 2.45) is 0 Å². The first-order chi connectivity index (χ1) is 29.2. The van der Waals surface area contributed by atoms with Gasteiger partial charge in [-0.1, -0.05) is 212 Å². The number of fused-ring (bicyclic) bond motifs is 5. The summed E-state index contributed by atoms with van der Waals surface area (Å²) in [4.78, 5) is 14.9. The zero-order valence-electron chi connectivity index (χ0n) is 32.2. The standard InChI is InChI=1S/C56H37N3/c1-4-17-40(18-5-1)53-57-54(41-19-6-2-7-20-41)59-55(58-53)45-24-15-23-44(37-45)43-22-14-21-42(36-43)38-30-33-47(34-31-38)56(46-25-8-3-9-26-46)50-29-13-12-28-49(50)52-48-27-11-10-16-39(48)32-35-51(52)56/h1-37H. The summed E-state index contributed by atoms with van der Waals surface area (Å²) in [6.07, 6.45) is 0. The number of hydrogen-bond acceptors (Lipinski definition) is 3. The second kappa shape index (κ2) is 14.3. The molecule has 10 aromatic rings. The van der Waals surface area contributed by atoms with E-state index in [-0.39, 0.29) is 0 Å². The summed E-state index contributed by atoms with van der Waals surface area (Å²) in [7, 11) is 0. The molecule has 0 N–H and O–H groups in total. The van der Waals surface area contributed by atoms with Gasteiger partial charge in [0.05, 0.1) is 5.41 Å². The van der Waals surface area contributed by atoms with Gasteiger partial charge in [-0.05, 0) is 78.5 Å². The Labute approximate surface area is 344 Å². The summed E-state index contributed by atoms with van der Waals surface area (Å²) in [6, 6.07) is 80.2. The van der Waals surface area contributed by atoms with E-state index in [1.54, 1.807) is 0 Å². The molecule has 0 spiro atoms. The molecule has 1 aliphatic carbocycles. The summed E-state index contributed by atoms with van der Waals surface area (Å²) in [5.74, 6) is 1.94. The van der Waals surface area contributed by atoms with Crippen LogP contribution in [0.25, 0.3) is 78.3 Å². The second-order valence-corrected chi connectivity index (χ2v) is 15.1. The maximum atomic E-state index is 4.99. The number of hydrogen-bond donors (Lipinski definition) is 0. The third-order valence-electron chi connectivity index (χ3n) is 11.8. The van der Waals surface area contributed by atoms with E-state index in [1.165, 1.54) is 44.2 Å². The molecule has 1 aromatic heterocycles. The first-order valence-electron chi connectivity index (χ1n) is 20.1. The lowest BCUT2D eigenvalue weighted by molar-refractivity contribution is 0.769. The molecular weight excluding hydrogens is 715 g/mol. The van der Waals surface area contributed by atoms with Gasteiger partial charge in [0.2, 0.25) is 0 Å². The fourth-order valence-electron chi connectivity index (χ4n) is 9.09. The molecule has 1 unspecified atom stereocenters. The molecule has 1 aliphatic rings. The van der Waals surface area contributed by atoms with Gasteiger partial charge in [0, 0.05) is 16.7 Å². The van der Waals surface area contributed by atoms with Gasteiger partial charge in [-0.25, -0.2) is 15.0 Å². The van der Waals surface area contributed by atoms with Crippen molar-refractivity contribution in [1.82, 2.24) is 15.0 Å². The quantitative estimate of drug-likeness (QED) is 0.163. The average molecular weight is 752 g/mol. The van der Waals surface area contributed by atoms with Crippen LogP contribution in [-0.4, -0.2) is 15.0 Å².